The first-order valence-corrected chi connectivity index (χ1v) is 9.58. The average molecular weight is 346 g/mol. The quantitative estimate of drug-likeness (QED) is 0.846. The third-order valence-corrected chi connectivity index (χ3v) is 6.34. The van der Waals surface area contributed by atoms with Gasteiger partial charge in [-0.3, -0.25) is 14.9 Å². The van der Waals surface area contributed by atoms with Crippen molar-refractivity contribution in [2.24, 2.45) is 0 Å². The third-order valence-electron chi connectivity index (χ3n) is 4.43. The van der Waals surface area contributed by atoms with E-state index >= 15 is 0 Å². The van der Waals surface area contributed by atoms with Gasteiger partial charge in [-0.25, -0.2) is 8.42 Å². The number of benzene rings is 1. The number of rotatable bonds is 4. The highest BCUT2D eigenvalue weighted by atomic mass is 32.2. The molecule has 1 aliphatic rings. The second-order valence-electron chi connectivity index (χ2n) is 5.91. The Morgan fingerprint density at radius 2 is 1.83 bits per heavy atom. The molecule has 0 bridgehead atoms. The molecular weight excluding hydrogens is 324 g/mol. The maximum atomic E-state index is 12.8. The third kappa shape index (κ3) is 3.63. The lowest BCUT2D eigenvalue weighted by molar-refractivity contribution is 0.217. The van der Waals surface area contributed by atoms with Crippen LogP contribution < -0.4 is 0 Å². The predicted octanol–water partition coefficient (Wildman–Crippen LogP) is 1.93. The normalized spacial score (nSPS) is 18.9. The first kappa shape index (κ1) is 17.0. The van der Waals surface area contributed by atoms with Crippen LogP contribution in [0, 0.1) is 0 Å². The van der Waals surface area contributed by atoms with Crippen molar-refractivity contribution in [1.82, 2.24) is 19.2 Å². The van der Waals surface area contributed by atoms with Crippen LogP contribution in [-0.2, 0) is 10.0 Å². The molecule has 24 heavy (non-hydrogen) atoms. The summed E-state index contributed by atoms with van der Waals surface area (Å²) >= 11 is 0. The van der Waals surface area contributed by atoms with Gasteiger partial charge in [0.25, 0.3) is 0 Å². The van der Waals surface area contributed by atoms with Gasteiger partial charge >= 0.3 is 0 Å². The van der Waals surface area contributed by atoms with Gasteiger partial charge in [0.15, 0.2) is 0 Å². The van der Waals surface area contributed by atoms with Gasteiger partial charge in [0.2, 0.25) is 10.0 Å². The largest absolute Gasteiger partial charge is 0.294 e. The average Bonchev–Trinajstić information content (AvgIpc) is 2.89. The smallest absolute Gasteiger partial charge is 0.243 e. The predicted molar refractivity (Wildman–Crippen MR) is 91.8 cm³/mol. The van der Waals surface area contributed by atoms with Crippen molar-refractivity contribution >= 4 is 10.0 Å². The van der Waals surface area contributed by atoms with Gasteiger partial charge in [-0.1, -0.05) is 18.2 Å². The highest BCUT2D eigenvalue weighted by Gasteiger charge is 2.28. The number of hydrogen-bond donors (Lipinski definition) is 0. The Kier molecular flexibility index (Phi) is 5.23. The fraction of sp³-hybridized carbons (Fsp3) is 0.412. The van der Waals surface area contributed by atoms with Gasteiger partial charge in [-0.05, 0) is 25.5 Å². The van der Waals surface area contributed by atoms with Crippen LogP contribution in [0.1, 0.15) is 25.1 Å². The zero-order valence-corrected chi connectivity index (χ0v) is 14.6. The lowest BCUT2D eigenvalue weighted by atomic mass is 10.2. The molecule has 0 amide bonds. The van der Waals surface area contributed by atoms with Crippen LogP contribution in [0.3, 0.4) is 0 Å². The van der Waals surface area contributed by atoms with Crippen LogP contribution in [0.2, 0.25) is 0 Å². The maximum Gasteiger partial charge on any atom is 0.243 e. The Bertz CT molecular complexity index is 753. The minimum atomic E-state index is -3.42. The first-order valence-electron chi connectivity index (χ1n) is 8.14. The Hall–Kier alpha value is -1.83. The molecule has 0 spiro atoms. The molecule has 1 fully saturated rings. The Morgan fingerprint density at radius 1 is 1.04 bits per heavy atom. The van der Waals surface area contributed by atoms with Crippen LogP contribution in [0.4, 0.5) is 0 Å². The highest BCUT2D eigenvalue weighted by molar-refractivity contribution is 7.89. The van der Waals surface area contributed by atoms with E-state index in [2.05, 4.69) is 21.8 Å². The van der Waals surface area contributed by atoms with E-state index in [0.29, 0.717) is 24.5 Å². The maximum absolute atomic E-state index is 12.8. The van der Waals surface area contributed by atoms with E-state index in [4.69, 9.17) is 0 Å². The zero-order chi connectivity index (χ0) is 17.0. The minimum Gasteiger partial charge on any atom is -0.294 e. The van der Waals surface area contributed by atoms with E-state index in [9.17, 15) is 8.42 Å². The molecule has 1 aromatic carbocycles. The van der Waals surface area contributed by atoms with Crippen LogP contribution in [-0.4, -0.2) is 53.8 Å². The molecular formula is C17H22N4O2S. The summed E-state index contributed by atoms with van der Waals surface area (Å²) in [4.78, 5) is 11.1. The van der Waals surface area contributed by atoms with E-state index in [1.165, 1.54) is 0 Å². The second kappa shape index (κ2) is 7.38. The summed E-state index contributed by atoms with van der Waals surface area (Å²) in [5.41, 5.74) is 0.914. The molecule has 7 heteroatoms. The number of nitrogens with zero attached hydrogens (tertiary/aromatic N) is 4. The molecule has 128 valence electrons. The molecule has 1 aromatic heterocycles. The molecule has 2 heterocycles. The van der Waals surface area contributed by atoms with Gasteiger partial charge in [0.1, 0.15) is 0 Å². The Balaban J connectivity index is 1.71. The molecule has 1 aliphatic heterocycles. The molecule has 3 rings (SSSR count). The number of sulfonamides is 1. The Labute approximate surface area is 143 Å². The van der Waals surface area contributed by atoms with Gasteiger partial charge < -0.3 is 0 Å². The van der Waals surface area contributed by atoms with Gasteiger partial charge in [-0.15, -0.1) is 0 Å². The molecule has 0 radical (unpaired) electrons. The summed E-state index contributed by atoms with van der Waals surface area (Å²) in [6.45, 7) is 4.65. The van der Waals surface area contributed by atoms with E-state index in [1.807, 2.05) is 6.07 Å². The highest BCUT2D eigenvalue weighted by Crippen LogP contribution is 2.22. The van der Waals surface area contributed by atoms with Crippen molar-refractivity contribution in [2.45, 2.75) is 24.3 Å². The standard InChI is InChI=1S/C17H22N4O2S/c1-15(17-14-18-8-9-19-17)20-10-5-11-21(13-12-20)24(22,23)16-6-3-2-4-7-16/h2-4,6-9,14-15H,5,10-13H2,1H3/t15-/m0/s1. The van der Waals surface area contributed by atoms with Crippen LogP contribution in [0.5, 0.6) is 0 Å². The number of hydrogen-bond acceptors (Lipinski definition) is 5. The van der Waals surface area contributed by atoms with E-state index in [-0.39, 0.29) is 6.04 Å². The molecule has 1 atom stereocenters. The minimum absolute atomic E-state index is 0.123. The molecule has 0 N–H and O–H groups in total. The van der Waals surface area contributed by atoms with E-state index in [1.54, 1.807) is 47.2 Å². The first-order chi connectivity index (χ1) is 11.6. The molecule has 0 unspecified atom stereocenters. The van der Waals surface area contributed by atoms with Crippen molar-refractivity contribution in [3.8, 4) is 0 Å². The second-order valence-corrected chi connectivity index (χ2v) is 7.85. The fourth-order valence-corrected chi connectivity index (χ4v) is 4.49. The monoisotopic (exact) mass is 346 g/mol. The van der Waals surface area contributed by atoms with Crippen LogP contribution >= 0.6 is 0 Å². The van der Waals surface area contributed by atoms with Gasteiger partial charge in [-0.2, -0.15) is 4.31 Å². The van der Waals surface area contributed by atoms with Gasteiger partial charge in [0, 0.05) is 44.8 Å². The van der Waals surface area contributed by atoms with Crippen molar-refractivity contribution < 1.29 is 8.42 Å². The summed E-state index contributed by atoms with van der Waals surface area (Å²) in [6, 6.07) is 8.77. The van der Waals surface area contributed by atoms with Crippen molar-refractivity contribution in [3.63, 3.8) is 0 Å². The van der Waals surface area contributed by atoms with Crippen LogP contribution in [0.15, 0.2) is 53.8 Å². The van der Waals surface area contributed by atoms with Crippen LogP contribution in [0.25, 0.3) is 0 Å². The van der Waals surface area contributed by atoms with E-state index < -0.39 is 10.0 Å². The number of aromatic nitrogens is 2. The van der Waals surface area contributed by atoms with Gasteiger partial charge in [0.05, 0.1) is 16.6 Å². The zero-order valence-electron chi connectivity index (χ0n) is 13.7. The lowest BCUT2D eigenvalue weighted by Gasteiger charge is -2.27. The van der Waals surface area contributed by atoms with E-state index in [0.717, 1.165) is 18.7 Å². The summed E-state index contributed by atoms with van der Waals surface area (Å²) in [5.74, 6) is 0. The summed E-state index contributed by atoms with van der Waals surface area (Å²) in [5, 5.41) is 0. The summed E-state index contributed by atoms with van der Waals surface area (Å²) < 4.78 is 27.1. The summed E-state index contributed by atoms with van der Waals surface area (Å²) in [7, 11) is -3.42. The molecule has 2 aromatic rings. The fourth-order valence-electron chi connectivity index (χ4n) is 3.00. The lowest BCUT2D eigenvalue weighted by Crippen LogP contribution is -2.36. The van der Waals surface area contributed by atoms with Crippen molar-refractivity contribution in [2.75, 3.05) is 26.2 Å². The summed E-state index contributed by atoms with van der Waals surface area (Å²) in [6.07, 6.45) is 5.92. The molecule has 0 aliphatic carbocycles. The van der Waals surface area contributed by atoms with Crippen molar-refractivity contribution in [1.29, 1.82) is 0 Å². The SMILES string of the molecule is C[C@@H](c1cnccn1)N1CCCN(S(=O)(=O)c2ccccc2)CC1. The Morgan fingerprint density at radius 3 is 2.54 bits per heavy atom. The molecule has 1 saturated heterocycles. The topological polar surface area (TPSA) is 66.4 Å². The molecule has 0 saturated carbocycles. The molecule has 6 nitrogen and oxygen atoms in total. The van der Waals surface area contributed by atoms with Crippen molar-refractivity contribution in [3.05, 3.63) is 54.6 Å².